The summed E-state index contributed by atoms with van der Waals surface area (Å²) in [6.45, 7) is 13.0. The SMILES string of the molecule is CCOC(=O)N1CCN(CCN2CCN(C(=O)OCC)CC2)CC1. The minimum absolute atomic E-state index is 0.202. The van der Waals surface area contributed by atoms with Crippen LogP contribution in [0.15, 0.2) is 0 Å². The average molecular weight is 342 g/mol. The first-order valence-electron chi connectivity index (χ1n) is 8.92. The van der Waals surface area contributed by atoms with Crippen LogP contribution in [-0.2, 0) is 9.47 Å². The Morgan fingerprint density at radius 3 is 1.29 bits per heavy atom. The zero-order valence-corrected chi connectivity index (χ0v) is 14.9. The molecule has 0 saturated carbocycles. The van der Waals surface area contributed by atoms with E-state index in [1.165, 1.54) is 0 Å². The second-order valence-electron chi connectivity index (χ2n) is 6.06. The molecule has 2 aliphatic rings. The minimum atomic E-state index is -0.202. The number of carbonyl (C=O) groups is 2. The largest absolute Gasteiger partial charge is 0.450 e. The van der Waals surface area contributed by atoms with Crippen molar-refractivity contribution in [2.45, 2.75) is 13.8 Å². The highest BCUT2D eigenvalue weighted by atomic mass is 16.6. The van der Waals surface area contributed by atoms with Gasteiger partial charge in [0, 0.05) is 65.4 Å². The van der Waals surface area contributed by atoms with Crippen LogP contribution in [0.4, 0.5) is 9.59 Å². The second-order valence-corrected chi connectivity index (χ2v) is 6.06. The lowest BCUT2D eigenvalue weighted by atomic mass is 10.3. The van der Waals surface area contributed by atoms with E-state index in [2.05, 4.69) is 9.80 Å². The van der Waals surface area contributed by atoms with Gasteiger partial charge in [-0.25, -0.2) is 9.59 Å². The molecule has 0 aliphatic carbocycles. The highest BCUT2D eigenvalue weighted by molar-refractivity contribution is 5.68. The van der Waals surface area contributed by atoms with Crippen LogP contribution < -0.4 is 0 Å². The topological polar surface area (TPSA) is 65.6 Å². The van der Waals surface area contributed by atoms with Crippen molar-refractivity contribution in [3.05, 3.63) is 0 Å². The molecule has 0 atom stereocenters. The highest BCUT2D eigenvalue weighted by Crippen LogP contribution is 2.07. The molecule has 2 heterocycles. The summed E-state index contributed by atoms with van der Waals surface area (Å²) >= 11 is 0. The van der Waals surface area contributed by atoms with Crippen molar-refractivity contribution in [2.24, 2.45) is 0 Å². The van der Waals surface area contributed by atoms with Gasteiger partial charge in [0.25, 0.3) is 0 Å². The predicted octanol–water partition coefficient (Wildman–Crippen LogP) is 0.535. The molecule has 24 heavy (non-hydrogen) atoms. The molecular formula is C16H30N4O4. The van der Waals surface area contributed by atoms with Gasteiger partial charge in [-0.1, -0.05) is 0 Å². The molecule has 2 rings (SSSR count). The zero-order valence-electron chi connectivity index (χ0n) is 14.9. The number of nitrogens with zero attached hydrogens (tertiary/aromatic N) is 4. The maximum absolute atomic E-state index is 11.7. The summed E-state index contributed by atoms with van der Waals surface area (Å²) < 4.78 is 10.1. The van der Waals surface area contributed by atoms with E-state index >= 15 is 0 Å². The van der Waals surface area contributed by atoms with Crippen LogP contribution in [0.2, 0.25) is 0 Å². The summed E-state index contributed by atoms with van der Waals surface area (Å²) in [4.78, 5) is 31.7. The van der Waals surface area contributed by atoms with Crippen molar-refractivity contribution in [2.75, 3.05) is 78.7 Å². The molecule has 2 fully saturated rings. The summed E-state index contributed by atoms with van der Waals surface area (Å²) in [7, 11) is 0. The van der Waals surface area contributed by atoms with Gasteiger partial charge >= 0.3 is 12.2 Å². The average Bonchev–Trinajstić information content (AvgIpc) is 2.61. The third kappa shape index (κ3) is 5.52. The molecular weight excluding hydrogens is 312 g/mol. The lowest BCUT2D eigenvalue weighted by molar-refractivity contribution is 0.0644. The molecule has 0 unspecified atom stereocenters. The van der Waals surface area contributed by atoms with Crippen LogP contribution in [-0.4, -0.2) is 110 Å². The second kappa shape index (κ2) is 9.68. The Labute approximate surface area is 144 Å². The number of rotatable bonds is 5. The van der Waals surface area contributed by atoms with Crippen LogP contribution in [0.1, 0.15) is 13.8 Å². The van der Waals surface area contributed by atoms with E-state index < -0.39 is 0 Å². The van der Waals surface area contributed by atoms with Gasteiger partial charge in [-0.15, -0.1) is 0 Å². The normalized spacial score (nSPS) is 20.1. The van der Waals surface area contributed by atoms with Gasteiger partial charge in [-0.3, -0.25) is 9.80 Å². The summed E-state index contributed by atoms with van der Waals surface area (Å²) in [5.41, 5.74) is 0. The van der Waals surface area contributed by atoms with Crippen LogP contribution in [0, 0.1) is 0 Å². The molecule has 0 N–H and O–H groups in total. The van der Waals surface area contributed by atoms with Gasteiger partial charge in [-0.2, -0.15) is 0 Å². The van der Waals surface area contributed by atoms with Crippen molar-refractivity contribution in [3.8, 4) is 0 Å². The van der Waals surface area contributed by atoms with Crippen molar-refractivity contribution in [3.63, 3.8) is 0 Å². The predicted molar refractivity (Wildman–Crippen MR) is 90.1 cm³/mol. The summed E-state index contributed by atoms with van der Waals surface area (Å²) in [6.07, 6.45) is -0.403. The number of hydrogen-bond acceptors (Lipinski definition) is 6. The maximum atomic E-state index is 11.7. The van der Waals surface area contributed by atoms with E-state index in [1.807, 2.05) is 13.8 Å². The molecule has 0 spiro atoms. The van der Waals surface area contributed by atoms with E-state index in [-0.39, 0.29) is 12.2 Å². The molecule has 138 valence electrons. The fourth-order valence-corrected chi connectivity index (χ4v) is 3.02. The summed E-state index contributed by atoms with van der Waals surface area (Å²) in [5.74, 6) is 0. The molecule has 0 aromatic heterocycles. The first kappa shape index (κ1) is 18.8. The molecule has 8 heteroatoms. The smallest absolute Gasteiger partial charge is 0.409 e. The molecule has 2 aliphatic heterocycles. The van der Waals surface area contributed by atoms with Crippen molar-refractivity contribution < 1.29 is 19.1 Å². The zero-order chi connectivity index (χ0) is 17.4. The Balaban J connectivity index is 1.60. The molecule has 2 amide bonds. The molecule has 0 bridgehead atoms. The molecule has 0 aromatic carbocycles. The Morgan fingerprint density at radius 1 is 0.667 bits per heavy atom. The van der Waals surface area contributed by atoms with Crippen LogP contribution in [0.25, 0.3) is 0 Å². The molecule has 0 aromatic rings. The monoisotopic (exact) mass is 342 g/mol. The Hall–Kier alpha value is -1.54. The fourth-order valence-electron chi connectivity index (χ4n) is 3.02. The first-order valence-corrected chi connectivity index (χ1v) is 8.92. The molecule has 8 nitrogen and oxygen atoms in total. The number of hydrogen-bond donors (Lipinski definition) is 0. The Kier molecular flexibility index (Phi) is 7.58. The molecule has 0 radical (unpaired) electrons. The number of piperazine rings is 2. The lowest BCUT2D eigenvalue weighted by Crippen LogP contribution is -2.53. The Bertz CT molecular complexity index is 367. The minimum Gasteiger partial charge on any atom is -0.450 e. The van der Waals surface area contributed by atoms with Crippen LogP contribution in [0.5, 0.6) is 0 Å². The quantitative estimate of drug-likeness (QED) is 0.726. The number of amides is 2. The maximum Gasteiger partial charge on any atom is 0.409 e. The van der Waals surface area contributed by atoms with Gasteiger partial charge in [-0.05, 0) is 13.8 Å². The third-order valence-corrected chi connectivity index (χ3v) is 4.53. The van der Waals surface area contributed by atoms with Crippen molar-refractivity contribution >= 4 is 12.2 Å². The van der Waals surface area contributed by atoms with E-state index in [1.54, 1.807) is 9.80 Å². The van der Waals surface area contributed by atoms with Crippen LogP contribution in [0.3, 0.4) is 0 Å². The van der Waals surface area contributed by atoms with Gasteiger partial charge in [0.2, 0.25) is 0 Å². The van der Waals surface area contributed by atoms with Crippen molar-refractivity contribution in [1.82, 2.24) is 19.6 Å². The van der Waals surface area contributed by atoms with Gasteiger partial charge in [0.15, 0.2) is 0 Å². The summed E-state index contributed by atoms with van der Waals surface area (Å²) in [6, 6.07) is 0. The van der Waals surface area contributed by atoms with Crippen molar-refractivity contribution in [1.29, 1.82) is 0 Å². The number of carbonyl (C=O) groups excluding carboxylic acids is 2. The highest BCUT2D eigenvalue weighted by Gasteiger charge is 2.24. The first-order chi connectivity index (χ1) is 11.6. The number of ether oxygens (including phenoxy) is 2. The lowest BCUT2D eigenvalue weighted by Gasteiger charge is -2.37. The van der Waals surface area contributed by atoms with Gasteiger partial charge < -0.3 is 19.3 Å². The standard InChI is InChI=1S/C16H30N4O4/c1-3-23-15(21)19-11-7-17(8-12-19)5-6-18-9-13-20(14-10-18)16(22)24-4-2/h3-14H2,1-2H3. The summed E-state index contributed by atoms with van der Waals surface area (Å²) in [5, 5.41) is 0. The Morgan fingerprint density at radius 2 is 1.00 bits per heavy atom. The van der Waals surface area contributed by atoms with Gasteiger partial charge in [0.05, 0.1) is 13.2 Å². The third-order valence-electron chi connectivity index (χ3n) is 4.53. The van der Waals surface area contributed by atoms with E-state index in [4.69, 9.17) is 9.47 Å². The van der Waals surface area contributed by atoms with E-state index in [0.29, 0.717) is 13.2 Å². The molecule has 2 saturated heterocycles. The fraction of sp³-hybridized carbons (Fsp3) is 0.875. The van der Waals surface area contributed by atoms with Crippen LogP contribution >= 0.6 is 0 Å². The van der Waals surface area contributed by atoms with Gasteiger partial charge in [0.1, 0.15) is 0 Å². The van der Waals surface area contributed by atoms with E-state index in [9.17, 15) is 9.59 Å². The van der Waals surface area contributed by atoms with E-state index in [0.717, 1.165) is 65.4 Å².